The molecule has 0 bridgehead atoms. The highest BCUT2D eigenvalue weighted by molar-refractivity contribution is 7.91. The van der Waals surface area contributed by atoms with Gasteiger partial charge in [-0.25, -0.2) is 27.2 Å². The zero-order chi connectivity index (χ0) is 22.2. The maximum Gasteiger partial charge on any atom is 0.237 e. The molecule has 0 fully saturated rings. The molecule has 1 aromatic heterocycles. The van der Waals surface area contributed by atoms with Gasteiger partial charge >= 0.3 is 0 Å². The minimum absolute atomic E-state index is 0.155. The molecule has 162 valence electrons. The number of aromatic nitrogens is 2. The summed E-state index contributed by atoms with van der Waals surface area (Å²) in [4.78, 5) is 12.0. The standard InChI is InChI=1S/C20H18ClF2N5O2S/c1-27-12-28(10-14-9-24-20(21)25-19(14)27)16-6-7-18(17(23)8-16)26-31(29,30)11-13-2-4-15(22)5-3-13/h2-9,26H,10-12H2,1H3. The molecule has 1 aliphatic rings. The third-order valence-corrected chi connectivity index (χ3v) is 6.20. The fraction of sp³-hybridized carbons (Fsp3) is 0.200. The Hall–Kier alpha value is -2.98. The molecular formula is C20H18ClF2N5O2S. The maximum atomic E-state index is 14.7. The van der Waals surface area contributed by atoms with Crippen LogP contribution in [0.5, 0.6) is 0 Å². The predicted molar refractivity (Wildman–Crippen MR) is 116 cm³/mol. The van der Waals surface area contributed by atoms with Gasteiger partial charge in [0.25, 0.3) is 0 Å². The van der Waals surface area contributed by atoms with E-state index in [9.17, 15) is 17.2 Å². The van der Waals surface area contributed by atoms with Crippen molar-refractivity contribution in [2.45, 2.75) is 12.3 Å². The molecule has 0 amide bonds. The number of nitrogens with one attached hydrogen (secondary N) is 1. The van der Waals surface area contributed by atoms with E-state index in [0.717, 1.165) is 5.56 Å². The van der Waals surface area contributed by atoms with Crippen LogP contribution in [-0.2, 0) is 22.3 Å². The molecule has 0 unspecified atom stereocenters. The van der Waals surface area contributed by atoms with E-state index in [2.05, 4.69) is 14.7 Å². The number of halogens is 3. The lowest BCUT2D eigenvalue weighted by atomic mass is 10.2. The number of benzene rings is 2. The highest BCUT2D eigenvalue weighted by Crippen LogP contribution is 2.30. The molecule has 0 radical (unpaired) electrons. The number of rotatable bonds is 5. The van der Waals surface area contributed by atoms with Crippen LogP contribution in [0.1, 0.15) is 11.1 Å². The summed E-state index contributed by atoms with van der Waals surface area (Å²) in [6.07, 6.45) is 1.63. The summed E-state index contributed by atoms with van der Waals surface area (Å²) in [5, 5.41) is 0.155. The quantitative estimate of drug-likeness (QED) is 0.578. The van der Waals surface area contributed by atoms with Gasteiger partial charge in [-0.2, -0.15) is 0 Å². The number of sulfonamides is 1. The van der Waals surface area contributed by atoms with E-state index in [1.54, 1.807) is 12.3 Å². The molecule has 0 atom stereocenters. The number of hydrogen-bond donors (Lipinski definition) is 1. The van der Waals surface area contributed by atoms with E-state index in [4.69, 9.17) is 11.6 Å². The summed E-state index contributed by atoms with van der Waals surface area (Å²) in [6, 6.07) is 9.37. The Balaban J connectivity index is 1.50. The first-order valence-corrected chi connectivity index (χ1v) is 11.3. The van der Waals surface area contributed by atoms with Crippen LogP contribution >= 0.6 is 11.6 Å². The van der Waals surface area contributed by atoms with E-state index in [1.165, 1.54) is 36.4 Å². The molecule has 0 saturated carbocycles. The van der Waals surface area contributed by atoms with Crippen molar-refractivity contribution in [3.05, 3.63) is 76.7 Å². The zero-order valence-corrected chi connectivity index (χ0v) is 18.0. The normalized spacial score (nSPS) is 13.8. The highest BCUT2D eigenvalue weighted by atomic mass is 35.5. The van der Waals surface area contributed by atoms with Crippen molar-refractivity contribution >= 4 is 38.8 Å². The Morgan fingerprint density at radius 1 is 1.16 bits per heavy atom. The molecule has 1 N–H and O–H groups in total. The molecule has 2 heterocycles. The second-order valence-electron chi connectivity index (χ2n) is 7.18. The minimum Gasteiger partial charge on any atom is -0.349 e. The Labute approximate surface area is 183 Å². The van der Waals surface area contributed by atoms with Gasteiger partial charge < -0.3 is 9.80 Å². The topological polar surface area (TPSA) is 78.4 Å². The molecule has 11 heteroatoms. The predicted octanol–water partition coefficient (Wildman–Crippen LogP) is 3.76. The van der Waals surface area contributed by atoms with Gasteiger partial charge in [0.2, 0.25) is 15.3 Å². The molecule has 0 aliphatic carbocycles. The lowest BCUT2D eigenvalue weighted by Crippen LogP contribution is -2.41. The first-order chi connectivity index (χ1) is 14.7. The average molecular weight is 466 g/mol. The summed E-state index contributed by atoms with van der Waals surface area (Å²) in [5.41, 5.74) is 1.64. The van der Waals surface area contributed by atoms with Crippen molar-refractivity contribution in [2.75, 3.05) is 28.2 Å². The third kappa shape index (κ3) is 4.86. The van der Waals surface area contributed by atoms with Gasteiger partial charge in [-0.1, -0.05) is 12.1 Å². The van der Waals surface area contributed by atoms with Gasteiger partial charge in [-0.3, -0.25) is 4.72 Å². The van der Waals surface area contributed by atoms with Crippen molar-refractivity contribution in [1.82, 2.24) is 9.97 Å². The highest BCUT2D eigenvalue weighted by Gasteiger charge is 2.23. The number of hydrogen-bond acceptors (Lipinski definition) is 6. The maximum absolute atomic E-state index is 14.7. The zero-order valence-electron chi connectivity index (χ0n) is 16.4. The van der Waals surface area contributed by atoms with Crippen LogP contribution < -0.4 is 14.5 Å². The summed E-state index contributed by atoms with van der Waals surface area (Å²) < 4.78 is 54.7. The molecule has 0 saturated heterocycles. The van der Waals surface area contributed by atoms with Crippen molar-refractivity contribution < 1.29 is 17.2 Å². The molecule has 2 aromatic carbocycles. The van der Waals surface area contributed by atoms with E-state index >= 15 is 0 Å². The van der Waals surface area contributed by atoms with Crippen LogP contribution in [0.25, 0.3) is 0 Å². The second kappa shape index (κ2) is 8.27. The molecule has 1 aliphatic heterocycles. The van der Waals surface area contributed by atoms with Crippen molar-refractivity contribution in [3.8, 4) is 0 Å². The first kappa shape index (κ1) is 21.3. The van der Waals surface area contributed by atoms with Gasteiger partial charge in [0, 0.05) is 31.0 Å². The molecule has 4 rings (SSSR count). The molecule has 3 aromatic rings. The SMILES string of the molecule is CN1CN(c2ccc(NS(=O)(=O)Cc3ccc(F)cc3)c(F)c2)Cc2cnc(Cl)nc21. The number of fused-ring (bicyclic) bond motifs is 1. The van der Waals surface area contributed by atoms with Crippen LogP contribution in [0.4, 0.5) is 26.0 Å². The molecule has 7 nitrogen and oxygen atoms in total. The second-order valence-corrected chi connectivity index (χ2v) is 9.24. The Morgan fingerprint density at radius 2 is 1.90 bits per heavy atom. The van der Waals surface area contributed by atoms with Crippen molar-refractivity contribution in [3.63, 3.8) is 0 Å². The van der Waals surface area contributed by atoms with E-state index in [1.807, 2.05) is 16.8 Å². The van der Waals surface area contributed by atoms with Crippen LogP contribution in [0.3, 0.4) is 0 Å². The Morgan fingerprint density at radius 3 is 2.61 bits per heavy atom. The van der Waals surface area contributed by atoms with E-state index < -0.39 is 27.4 Å². The Bertz CT molecular complexity index is 1220. The molecule has 0 spiro atoms. The monoisotopic (exact) mass is 465 g/mol. The molecule has 31 heavy (non-hydrogen) atoms. The summed E-state index contributed by atoms with van der Waals surface area (Å²) in [5.74, 6) is -0.857. The van der Waals surface area contributed by atoms with Gasteiger partial charge in [0.05, 0.1) is 18.1 Å². The van der Waals surface area contributed by atoms with E-state index in [0.29, 0.717) is 30.3 Å². The fourth-order valence-corrected chi connectivity index (χ4v) is 4.69. The summed E-state index contributed by atoms with van der Waals surface area (Å²) in [7, 11) is -2.04. The number of nitrogens with zero attached hydrogens (tertiary/aromatic N) is 4. The van der Waals surface area contributed by atoms with Crippen molar-refractivity contribution in [2.24, 2.45) is 0 Å². The minimum atomic E-state index is -3.88. The van der Waals surface area contributed by atoms with Gasteiger partial charge in [0.15, 0.2) is 0 Å². The van der Waals surface area contributed by atoms with Crippen LogP contribution in [0.15, 0.2) is 48.7 Å². The summed E-state index contributed by atoms with van der Waals surface area (Å²) >= 11 is 5.86. The van der Waals surface area contributed by atoms with E-state index in [-0.39, 0.29) is 11.0 Å². The summed E-state index contributed by atoms with van der Waals surface area (Å²) in [6.45, 7) is 0.890. The largest absolute Gasteiger partial charge is 0.349 e. The van der Waals surface area contributed by atoms with Gasteiger partial charge in [-0.15, -0.1) is 0 Å². The van der Waals surface area contributed by atoms with Gasteiger partial charge in [-0.05, 0) is 47.5 Å². The third-order valence-electron chi connectivity index (χ3n) is 4.77. The number of anilines is 3. The lowest BCUT2D eigenvalue weighted by molar-refractivity contribution is 0.597. The first-order valence-electron chi connectivity index (χ1n) is 9.22. The van der Waals surface area contributed by atoms with Crippen LogP contribution in [0.2, 0.25) is 5.28 Å². The fourth-order valence-electron chi connectivity index (χ4n) is 3.36. The van der Waals surface area contributed by atoms with Crippen LogP contribution in [0, 0.1) is 11.6 Å². The molecular weight excluding hydrogens is 448 g/mol. The lowest BCUT2D eigenvalue weighted by Gasteiger charge is -2.36. The van der Waals surface area contributed by atoms with Crippen molar-refractivity contribution in [1.29, 1.82) is 0 Å². The smallest absolute Gasteiger partial charge is 0.237 e. The van der Waals surface area contributed by atoms with Gasteiger partial charge in [0.1, 0.15) is 17.5 Å². The average Bonchev–Trinajstić information content (AvgIpc) is 2.71. The van der Waals surface area contributed by atoms with Crippen LogP contribution in [-0.4, -0.2) is 32.1 Å². The Kier molecular flexibility index (Phi) is 5.67.